The molecule has 0 amide bonds. The zero-order chi connectivity index (χ0) is 20.8. The van der Waals surface area contributed by atoms with Crippen LogP contribution in [0.4, 0.5) is 0 Å². The first-order valence-corrected chi connectivity index (χ1v) is 10.8. The second-order valence-corrected chi connectivity index (χ2v) is 8.96. The molecule has 1 aliphatic heterocycles. The Morgan fingerprint density at radius 3 is 2.40 bits per heavy atom. The van der Waals surface area contributed by atoms with E-state index in [-0.39, 0.29) is 11.5 Å². The van der Waals surface area contributed by atoms with Gasteiger partial charge in [0.2, 0.25) is 5.90 Å². The van der Waals surface area contributed by atoms with Gasteiger partial charge in [-0.1, -0.05) is 72.8 Å². The molecule has 2 aromatic carbocycles. The van der Waals surface area contributed by atoms with E-state index in [4.69, 9.17) is 9.73 Å². The molecule has 1 unspecified atom stereocenters. The summed E-state index contributed by atoms with van der Waals surface area (Å²) >= 11 is 0. The molecule has 0 radical (unpaired) electrons. The van der Waals surface area contributed by atoms with E-state index in [2.05, 4.69) is 92.9 Å². The lowest BCUT2D eigenvalue weighted by Crippen LogP contribution is -2.48. The molecule has 1 N–H and O–H groups in total. The van der Waals surface area contributed by atoms with Gasteiger partial charge >= 0.3 is 0 Å². The number of rotatable bonds is 5. The molecule has 0 saturated heterocycles. The third kappa shape index (κ3) is 2.84. The maximum absolute atomic E-state index is 6.71. The molecule has 3 heteroatoms. The van der Waals surface area contributed by atoms with E-state index >= 15 is 0 Å². The van der Waals surface area contributed by atoms with Crippen molar-refractivity contribution in [3.05, 3.63) is 107 Å². The summed E-state index contributed by atoms with van der Waals surface area (Å²) in [5, 5.41) is 3.78. The van der Waals surface area contributed by atoms with Gasteiger partial charge in [-0.05, 0) is 44.0 Å². The summed E-state index contributed by atoms with van der Waals surface area (Å²) in [6, 6.07) is 21.2. The Bertz CT molecular complexity index is 1060. The smallest absolute Gasteiger partial charge is 0.217 e. The highest BCUT2D eigenvalue weighted by molar-refractivity contribution is 5.96. The third-order valence-electron chi connectivity index (χ3n) is 6.38. The Balaban J connectivity index is 1.72. The number of aliphatic imine (C=N–C) groups is 1. The molecule has 0 spiro atoms. The van der Waals surface area contributed by atoms with E-state index in [0.29, 0.717) is 6.04 Å². The fourth-order valence-electron chi connectivity index (χ4n) is 5.10. The number of nitrogens with one attached hydrogen (secondary N) is 1. The largest absolute Gasteiger partial charge is 0.470 e. The van der Waals surface area contributed by atoms with Crippen LogP contribution in [0.1, 0.15) is 31.9 Å². The van der Waals surface area contributed by atoms with Gasteiger partial charge in [0.15, 0.2) is 0 Å². The van der Waals surface area contributed by atoms with Crippen LogP contribution in [-0.4, -0.2) is 23.6 Å². The molecule has 1 heterocycles. The van der Waals surface area contributed by atoms with Gasteiger partial charge in [-0.3, -0.25) is 0 Å². The molecule has 0 aromatic heterocycles. The van der Waals surface area contributed by atoms with Crippen molar-refractivity contribution in [3.63, 3.8) is 0 Å². The van der Waals surface area contributed by atoms with Crippen LogP contribution in [-0.2, 0) is 11.2 Å². The third-order valence-corrected chi connectivity index (χ3v) is 6.38. The zero-order valence-corrected chi connectivity index (χ0v) is 17.8. The van der Waals surface area contributed by atoms with Crippen molar-refractivity contribution in [1.29, 1.82) is 0 Å². The Morgan fingerprint density at radius 1 is 1.00 bits per heavy atom. The van der Waals surface area contributed by atoms with Gasteiger partial charge in [0.25, 0.3) is 0 Å². The van der Waals surface area contributed by atoms with Gasteiger partial charge in [-0.15, -0.1) is 0 Å². The van der Waals surface area contributed by atoms with Crippen LogP contribution in [0.15, 0.2) is 101 Å². The molecule has 0 bridgehead atoms. The Morgan fingerprint density at radius 2 is 1.70 bits per heavy atom. The van der Waals surface area contributed by atoms with Crippen molar-refractivity contribution in [2.75, 3.05) is 0 Å². The van der Waals surface area contributed by atoms with Gasteiger partial charge < -0.3 is 10.1 Å². The highest BCUT2D eigenvalue weighted by Crippen LogP contribution is 2.57. The minimum atomic E-state index is -0.486. The van der Waals surface area contributed by atoms with Gasteiger partial charge in [0.1, 0.15) is 11.6 Å². The Labute approximate surface area is 178 Å². The number of fused-ring (bicyclic) bond motifs is 3. The molecule has 3 nitrogen and oxygen atoms in total. The van der Waals surface area contributed by atoms with E-state index in [1.807, 2.05) is 18.2 Å². The van der Waals surface area contributed by atoms with Crippen LogP contribution >= 0.6 is 0 Å². The second-order valence-electron chi connectivity index (χ2n) is 8.96. The number of ether oxygens (including phenoxy) is 1. The molecule has 30 heavy (non-hydrogen) atoms. The van der Waals surface area contributed by atoms with Crippen molar-refractivity contribution < 1.29 is 4.74 Å². The summed E-state index contributed by atoms with van der Waals surface area (Å²) in [7, 11) is 0. The molecule has 5 rings (SSSR count). The zero-order valence-electron chi connectivity index (χ0n) is 17.8. The number of benzene rings is 2. The predicted molar refractivity (Wildman–Crippen MR) is 122 cm³/mol. The van der Waals surface area contributed by atoms with Crippen molar-refractivity contribution in [3.8, 4) is 0 Å². The molecule has 2 aromatic rings. The summed E-state index contributed by atoms with van der Waals surface area (Å²) in [4.78, 5) is 5.36. The molecular weight excluding hydrogens is 368 g/mol. The van der Waals surface area contributed by atoms with Gasteiger partial charge in [-0.2, -0.15) is 0 Å². The van der Waals surface area contributed by atoms with Gasteiger partial charge in [0, 0.05) is 23.7 Å². The van der Waals surface area contributed by atoms with Crippen LogP contribution in [0.25, 0.3) is 0 Å². The lowest BCUT2D eigenvalue weighted by Gasteiger charge is -2.35. The van der Waals surface area contributed by atoms with E-state index in [1.165, 1.54) is 16.8 Å². The van der Waals surface area contributed by atoms with Crippen LogP contribution in [0, 0.1) is 5.41 Å². The van der Waals surface area contributed by atoms with Crippen LogP contribution < -0.4 is 5.32 Å². The Hall–Kier alpha value is -3.07. The summed E-state index contributed by atoms with van der Waals surface area (Å²) in [5.74, 6) is 0.739. The topological polar surface area (TPSA) is 33.6 Å². The lowest BCUT2D eigenvalue weighted by atomic mass is 9.74. The van der Waals surface area contributed by atoms with E-state index in [0.717, 1.165) is 17.9 Å². The lowest BCUT2D eigenvalue weighted by molar-refractivity contribution is 0.0945. The maximum atomic E-state index is 6.71. The fourth-order valence-corrected chi connectivity index (χ4v) is 5.10. The van der Waals surface area contributed by atoms with E-state index < -0.39 is 5.54 Å². The SMILES string of the molecule is CC(C)NC1=C2C=CC=CC2(C)[C@@H]2OC(c3ccccc3)=N[C@]12Cc1ccccc1. The van der Waals surface area contributed by atoms with Crippen molar-refractivity contribution >= 4 is 5.90 Å². The van der Waals surface area contributed by atoms with Crippen molar-refractivity contribution in [2.45, 2.75) is 44.9 Å². The molecule has 3 atom stereocenters. The highest BCUT2D eigenvalue weighted by atomic mass is 16.5. The first kappa shape index (κ1) is 18.9. The number of hydrogen-bond acceptors (Lipinski definition) is 3. The minimum absolute atomic E-state index is 0.0992. The summed E-state index contributed by atoms with van der Waals surface area (Å²) in [5.41, 5.74) is 4.06. The maximum Gasteiger partial charge on any atom is 0.217 e. The highest BCUT2D eigenvalue weighted by Gasteiger charge is 2.63. The van der Waals surface area contributed by atoms with E-state index in [1.54, 1.807) is 0 Å². The summed E-state index contributed by atoms with van der Waals surface area (Å²) in [6.45, 7) is 6.66. The quantitative estimate of drug-likeness (QED) is 0.752. The second kappa shape index (κ2) is 7.02. The molecular formula is C27H28N2O. The first-order valence-electron chi connectivity index (χ1n) is 10.8. The molecule has 0 saturated carbocycles. The van der Waals surface area contributed by atoms with Crippen LogP contribution in [0.5, 0.6) is 0 Å². The van der Waals surface area contributed by atoms with Crippen LogP contribution in [0.3, 0.4) is 0 Å². The van der Waals surface area contributed by atoms with Crippen molar-refractivity contribution in [1.82, 2.24) is 5.32 Å². The fraction of sp³-hybridized carbons (Fsp3) is 0.296. The normalized spacial score (nSPS) is 28.9. The standard InChI is InChI=1S/C27H28N2O/c1-19(2)28-23-22-16-10-11-17-26(22,3)25-27(23,18-20-12-6-4-7-13-20)29-24(30-25)21-14-8-5-9-15-21/h4-17,19,25,28H,18H2,1-3H3/t25-,26?,27+/m0/s1. The average molecular weight is 397 g/mol. The number of allylic oxidation sites excluding steroid dienone is 3. The van der Waals surface area contributed by atoms with Gasteiger partial charge in [-0.25, -0.2) is 4.99 Å². The summed E-state index contributed by atoms with van der Waals surface area (Å²) in [6.07, 6.45) is 9.47. The average Bonchev–Trinajstić information content (AvgIpc) is 3.22. The molecule has 3 aliphatic rings. The number of nitrogens with zero attached hydrogens (tertiary/aromatic N) is 1. The Kier molecular flexibility index (Phi) is 4.43. The number of hydrogen-bond donors (Lipinski definition) is 1. The minimum Gasteiger partial charge on any atom is -0.470 e. The van der Waals surface area contributed by atoms with Crippen molar-refractivity contribution in [2.24, 2.45) is 10.4 Å². The van der Waals surface area contributed by atoms with Crippen LogP contribution in [0.2, 0.25) is 0 Å². The summed E-state index contributed by atoms with van der Waals surface area (Å²) < 4.78 is 6.71. The first-order chi connectivity index (χ1) is 14.5. The molecule has 152 valence electrons. The monoisotopic (exact) mass is 396 g/mol. The van der Waals surface area contributed by atoms with Gasteiger partial charge in [0.05, 0.1) is 5.41 Å². The predicted octanol–water partition coefficient (Wildman–Crippen LogP) is 5.21. The molecule has 2 aliphatic carbocycles. The van der Waals surface area contributed by atoms with E-state index in [9.17, 15) is 0 Å². The molecule has 0 fully saturated rings.